The number of aromatic nitrogens is 1. The number of para-hydroxylation sites is 2. The van der Waals surface area contributed by atoms with Crippen LogP contribution in [0, 0.1) is 0 Å². The zero-order chi connectivity index (χ0) is 31.6. The van der Waals surface area contributed by atoms with Crippen LogP contribution in [0.5, 0.6) is 0 Å². The van der Waals surface area contributed by atoms with Crippen molar-refractivity contribution in [3.63, 3.8) is 0 Å². The highest BCUT2D eigenvalue weighted by Gasteiger charge is 2.17. The van der Waals surface area contributed by atoms with Crippen LogP contribution in [0.15, 0.2) is 180 Å². The van der Waals surface area contributed by atoms with Gasteiger partial charge >= 0.3 is 0 Å². The molecule has 8 aromatic carbocycles. The van der Waals surface area contributed by atoms with Crippen LogP contribution in [0.4, 0.5) is 0 Å². The molecular formula is C46H29NO. The zero-order valence-electron chi connectivity index (χ0n) is 26.1. The molecule has 0 aliphatic carbocycles. The molecule has 224 valence electrons. The molecule has 0 bridgehead atoms. The van der Waals surface area contributed by atoms with Crippen LogP contribution in [0.2, 0.25) is 0 Å². The van der Waals surface area contributed by atoms with Crippen molar-refractivity contribution in [2.45, 2.75) is 0 Å². The van der Waals surface area contributed by atoms with E-state index in [9.17, 15) is 0 Å². The summed E-state index contributed by atoms with van der Waals surface area (Å²) in [5, 5.41) is 7.16. The van der Waals surface area contributed by atoms with Gasteiger partial charge in [0.15, 0.2) is 0 Å². The van der Waals surface area contributed by atoms with Crippen molar-refractivity contribution in [3.05, 3.63) is 176 Å². The number of fused-ring (bicyclic) bond motifs is 8. The average molecular weight is 612 g/mol. The zero-order valence-corrected chi connectivity index (χ0v) is 26.1. The molecule has 0 N–H and O–H groups in total. The largest absolute Gasteiger partial charge is 0.456 e. The first-order valence-corrected chi connectivity index (χ1v) is 16.4. The Morgan fingerprint density at radius 3 is 1.60 bits per heavy atom. The fourth-order valence-electron chi connectivity index (χ4n) is 7.46. The Morgan fingerprint density at radius 1 is 0.333 bits per heavy atom. The number of rotatable bonds is 4. The van der Waals surface area contributed by atoms with Gasteiger partial charge in [-0.25, -0.2) is 0 Å². The van der Waals surface area contributed by atoms with Crippen molar-refractivity contribution in [2.75, 3.05) is 0 Å². The quantitative estimate of drug-likeness (QED) is 0.194. The first-order chi connectivity index (χ1) is 23.8. The maximum absolute atomic E-state index is 6.37. The van der Waals surface area contributed by atoms with Gasteiger partial charge in [-0.2, -0.15) is 0 Å². The van der Waals surface area contributed by atoms with Gasteiger partial charge in [0.2, 0.25) is 0 Å². The van der Waals surface area contributed by atoms with Crippen molar-refractivity contribution in [1.82, 2.24) is 4.57 Å². The minimum Gasteiger partial charge on any atom is -0.456 e. The molecule has 10 rings (SSSR count). The minimum atomic E-state index is 0.913. The van der Waals surface area contributed by atoms with Crippen molar-refractivity contribution < 1.29 is 4.42 Å². The van der Waals surface area contributed by atoms with E-state index >= 15 is 0 Å². The maximum Gasteiger partial charge on any atom is 0.136 e. The predicted octanol–water partition coefficient (Wildman–Crippen LogP) is 12.8. The second-order valence-electron chi connectivity index (χ2n) is 12.6. The minimum absolute atomic E-state index is 0.913. The molecule has 0 saturated carbocycles. The lowest BCUT2D eigenvalue weighted by atomic mass is 9.93. The molecule has 0 unspecified atom stereocenters. The molecule has 2 heterocycles. The lowest BCUT2D eigenvalue weighted by molar-refractivity contribution is 0.669. The van der Waals surface area contributed by atoms with E-state index in [1.807, 2.05) is 12.1 Å². The Bertz CT molecular complexity index is 2750. The maximum atomic E-state index is 6.37. The lowest BCUT2D eigenvalue weighted by Crippen LogP contribution is -1.95. The summed E-state index contributed by atoms with van der Waals surface area (Å²) in [4.78, 5) is 0. The van der Waals surface area contributed by atoms with Crippen molar-refractivity contribution >= 4 is 54.5 Å². The summed E-state index contributed by atoms with van der Waals surface area (Å²) < 4.78 is 8.79. The fraction of sp³-hybridized carbons (Fsp3) is 0. The third-order valence-electron chi connectivity index (χ3n) is 9.75. The summed E-state index contributed by atoms with van der Waals surface area (Å²) in [6.45, 7) is 0. The Balaban J connectivity index is 1.17. The summed E-state index contributed by atoms with van der Waals surface area (Å²) >= 11 is 0. The molecule has 0 radical (unpaired) electrons. The lowest BCUT2D eigenvalue weighted by Gasteiger charge is -2.13. The van der Waals surface area contributed by atoms with Crippen LogP contribution < -0.4 is 0 Å². The standard InChI is InChI=1S/C46H29NO/c1-3-11-30(12-4-1)34-25-35(31-13-5-2-6-14-31)27-36(26-34)32-19-22-37(23-20-32)47-43-17-9-7-15-38(43)40-24-21-33-28-42-39-16-8-10-18-44(39)48-45(42)29-41(33)46(40)47/h1-29H. The second-order valence-corrected chi connectivity index (χ2v) is 12.6. The molecule has 0 spiro atoms. The Hall–Kier alpha value is -6.38. The first kappa shape index (κ1) is 26.8. The van der Waals surface area contributed by atoms with Crippen LogP contribution in [0.1, 0.15) is 0 Å². The molecule has 2 nitrogen and oxygen atoms in total. The van der Waals surface area contributed by atoms with Gasteiger partial charge in [-0.15, -0.1) is 0 Å². The number of hydrogen-bond acceptors (Lipinski definition) is 1. The highest BCUT2D eigenvalue weighted by Crippen LogP contribution is 2.40. The molecule has 2 aromatic heterocycles. The molecule has 0 aliphatic rings. The summed E-state index contributed by atoms with van der Waals surface area (Å²) in [6.07, 6.45) is 0. The molecule has 0 amide bonds. The number of furan rings is 1. The monoisotopic (exact) mass is 611 g/mol. The van der Waals surface area contributed by atoms with E-state index in [1.54, 1.807) is 0 Å². The number of nitrogens with zero attached hydrogens (tertiary/aromatic N) is 1. The summed E-state index contributed by atoms with van der Waals surface area (Å²) in [5.41, 5.74) is 12.6. The highest BCUT2D eigenvalue weighted by molar-refractivity contribution is 6.21. The molecule has 0 fully saturated rings. The first-order valence-electron chi connectivity index (χ1n) is 16.4. The molecule has 10 aromatic rings. The van der Waals surface area contributed by atoms with E-state index in [1.165, 1.54) is 66.0 Å². The molecule has 48 heavy (non-hydrogen) atoms. The van der Waals surface area contributed by atoms with Gasteiger partial charge in [-0.3, -0.25) is 0 Å². The smallest absolute Gasteiger partial charge is 0.136 e. The highest BCUT2D eigenvalue weighted by atomic mass is 16.3. The van der Waals surface area contributed by atoms with E-state index < -0.39 is 0 Å². The summed E-state index contributed by atoms with van der Waals surface area (Å²) in [5.74, 6) is 0. The van der Waals surface area contributed by atoms with Crippen LogP contribution in [0.3, 0.4) is 0 Å². The summed E-state index contributed by atoms with van der Waals surface area (Å²) in [7, 11) is 0. The van der Waals surface area contributed by atoms with E-state index in [0.717, 1.165) is 27.6 Å². The van der Waals surface area contributed by atoms with E-state index in [0.29, 0.717) is 0 Å². The SMILES string of the molecule is c1ccc(-c2cc(-c3ccccc3)cc(-c3ccc(-n4c5ccccc5c5ccc6cc7c(cc6c54)oc4ccccc47)cc3)c2)cc1. The van der Waals surface area contributed by atoms with Gasteiger partial charge in [0.1, 0.15) is 11.2 Å². The van der Waals surface area contributed by atoms with Crippen molar-refractivity contribution in [2.24, 2.45) is 0 Å². The van der Waals surface area contributed by atoms with Crippen LogP contribution in [0.25, 0.3) is 93.6 Å². The number of hydrogen-bond donors (Lipinski definition) is 0. The number of benzene rings is 8. The van der Waals surface area contributed by atoms with Gasteiger partial charge in [0.05, 0.1) is 11.0 Å². The molecule has 0 aliphatic heterocycles. The van der Waals surface area contributed by atoms with Crippen LogP contribution in [-0.2, 0) is 0 Å². The Morgan fingerprint density at radius 2 is 0.917 bits per heavy atom. The van der Waals surface area contributed by atoms with E-state index in [4.69, 9.17) is 4.42 Å². The third kappa shape index (κ3) is 4.20. The van der Waals surface area contributed by atoms with Crippen molar-refractivity contribution in [1.29, 1.82) is 0 Å². The average Bonchev–Trinajstić information content (AvgIpc) is 3.70. The second kappa shape index (κ2) is 10.6. The Kier molecular flexibility index (Phi) is 5.91. The Labute approximate surface area is 277 Å². The van der Waals surface area contributed by atoms with Crippen LogP contribution >= 0.6 is 0 Å². The van der Waals surface area contributed by atoms with E-state index in [2.05, 4.69) is 168 Å². The van der Waals surface area contributed by atoms with Gasteiger partial charge in [0.25, 0.3) is 0 Å². The van der Waals surface area contributed by atoms with Gasteiger partial charge < -0.3 is 8.98 Å². The normalized spacial score (nSPS) is 11.8. The molecular weight excluding hydrogens is 583 g/mol. The van der Waals surface area contributed by atoms with Crippen molar-refractivity contribution in [3.8, 4) is 39.1 Å². The molecule has 0 atom stereocenters. The van der Waals surface area contributed by atoms with Gasteiger partial charge in [-0.1, -0.05) is 121 Å². The van der Waals surface area contributed by atoms with E-state index in [-0.39, 0.29) is 0 Å². The van der Waals surface area contributed by atoms with Crippen LogP contribution in [-0.4, -0.2) is 4.57 Å². The molecule has 0 saturated heterocycles. The third-order valence-corrected chi connectivity index (χ3v) is 9.75. The predicted molar refractivity (Wildman–Crippen MR) is 202 cm³/mol. The molecule has 2 heteroatoms. The topological polar surface area (TPSA) is 18.1 Å². The van der Waals surface area contributed by atoms with Gasteiger partial charge in [0, 0.05) is 32.6 Å². The fourth-order valence-corrected chi connectivity index (χ4v) is 7.46. The van der Waals surface area contributed by atoms with Gasteiger partial charge in [-0.05, 0) is 93.4 Å². The summed E-state index contributed by atoms with van der Waals surface area (Å²) in [6, 6.07) is 63.3.